The van der Waals surface area contributed by atoms with Gasteiger partial charge in [0.15, 0.2) is 0 Å². The highest BCUT2D eigenvalue weighted by Crippen LogP contribution is 2.05. The van der Waals surface area contributed by atoms with E-state index in [1.807, 2.05) is 6.07 Å². The summed E-state index contributed by atoms with van der Waals surface area (Å²) in [6.07, 6.45) is 2.97. The standard InChI is InChI=1S/C14H16N2O3.ClH/c15-7-8-18-9-10-19-14(17)6-5-12-1-3-13(11-16)4-2-12;/h1-6H,7-10,15H2;1H/b6-5+;. The van der Waals surface area contributed by atoms with Crippen molar-refractivity contribution in [3.63, 3.8) is 0 Å². The number of esters is 1. The molecule has 0 aliphatic heterocycles. The van der Waals surface area contributed by atoms with Gasteiger partial charge < -0.3 is 15.2 Å². The van der Waals surface area contributed by atoms with Crippen LogP contribution >= 0.6 is 12.4 Å². The van der Waals surface area contributed by atoms with E-state index in [2.05, 4.69) is 0 Å². The zero-order valence-corrected chi connectivity index (χ0v) is 11.8. The summed E-state index contributed by atoms with van der Waals surface area (Å²) in [7, 11) is 0. The second-order valence-electron chi connectivity index (χ2n) is 3.64. The van der Waals surface area contributed by atoms with Crippen LogP contribution in [-0.4, -0.2) is 32.3 Å². The molecule has 0 saturated carbocycles. The first kappa shape index (κ1) is 18.1. The number of benzene rings is 1. The first-order chi connectivity index (χ1) is 9.26. The minimum Gasteiger partial charge on any atom is -0.460 e. The summed E-state index contributed by atoms with van der Waals surface area (Å²) in [5, 5.41) is 8.64. The fourth-order valence-electron chi connectivity index (χ4n) is 1.27. The molecule has 1 rings (SSSR count). The zero-order valence-electron chi connectivity index (χ0n) is 11.0. The summed E-state index contributed by atoms with van der Waals surface area (Å²) >= 11 is 0. The average molecular weight is 297 g/mol. The maximum atomic E-state index is 11.3. The van der Waals surface area contributed by atoms with Crippen molar-refractivity contribution in [3.8, 4) is 6.07 Å². The van der Waals surface area contributed by atoms with Crippen LogP contribution in [0.2, 0.25) is 0 Å². The van der Waals surface area contributed by atoms with Crippen LogP contribution in [0.25, 0.3) is 6.08 Å². The molecule has 0 radical (unpaired) electrons. The largest absolute Gasteiger partial charge is 0.460 e. The smallest absolute Gasteiger partial charge is 0.330 e. The van der Waals surface area contributed by atoms with Crippen LogP contribution < -0.4 is 5.73 Å². The van der Waals surface area contributed by atoms with Gasteiger partial charge in [0.05, 0.1) is 24.8 Å². The lowest BCUT2D eigenvalue weighted by Crippen LogP contribution is -2.13. The van der Waals surface area contributed by atoms with Crippen LogP contribution in [0.4, 0.5) is 0 Å². The number of rotatable bonds is 7. The van der Waals surface area contributed by atoms with Crippen molar-refractivity contribution in [2.45, 2.75) is 0 Å². The third-order valence-electron chi connectivity index (χ3n) is 2.19. The molecule has 2 N–H and O–H groups in total. The lowest BCUT2D eigenvalue weighted by Gasteiger charge is -2.02. The normalized spacial score (nSPS) is 9.80. The molecule has 0 atom stereocenters. The fraction of sp³-hybridized carbons (Fsp3) is 0.286. The molecule has 108 valence electrons. The second-order valence-corrected chi connectivity index (χ2v) is 3.64. The Labute approximate surface area is 124 Å². The Hall–Kier alpha value is -1.87. The molecule has 5 nitrogen and oxygen atoms in total. The van der Waals surface area contributed by atoms with E-state index in [4.69, 9.17) is 20.5 Å². The summed E-state index contributed by atoms with van der Waals surface area (Å²) in [5.74, 6) is -0.430. The van der Waals surface area contributed by atoms with Crippen molar-refractivity contribution in [2.75, 3.05) is 26.4 Å². The fourth-order valence-corrected chi connectivity index (χ4v) is 1.27. The van der Waals surface area contributed by atoms with Crippen molar-refractivity contribution in [3.05, 3.63) is 41.5 Å². The quantitative estimate of drug-likeness (QED) is 0.468. The Balaban J connectivity index is 0.00000361. The lowest BCUT2D eigenvalue weighted by molar-refractivity contribution is -0.139. The Morgan fingerprint density at radius 3 is 2.55 bits per heavy atom. The molecule has 6 heteroatoms. The highest BCUT2D eigenvalue weighted by molar-refractivity contribution is 5.87. The van der Waals surface area contributed by atoms with Crippen LogP contribution in [0.15, 0.2) is 30.3 Å². The minimum absolute atomic E-state index is 0. The van der Waals surface area contributed by atoms with Gasteiger partial charge in [0.2, 0.25) is 0 Å². The topological polar surface area (TPSA) is 85.3 Å². The Morgan fingerprint density at radius 2 is 1.95 bits per heavy atom. The molecular formula is C14H17ClN2O3. The van der Waals surface area contributed by atoms with E-state index < -0.39 is 5.97 Å². The van der Waals surface area contributed by atoms with Crippen LogP contribution in [0.5, 0.6) is 0 Å². The molecule has 0 unspecified atom stereocenters. The van der Waals surface area contributed by atoms with Gasteiger partial charge in [-0.25, -0.2) is 4.79 Å². The van der Waals surface area contributed by atoms with E-state index >= 15 is 0 Å². The van der Waals surface area contributed by atoms with Crippen LogP contribution in [0, 0.1) is 11.3 Å². The first-order valence-electron chi connectivity index (χ1n) is 5.89. The summed E-state index contributed by atoms with van der Waals surface area (Å²) in [4.78, 5) is 11.3. The van der Waals surface area contributed by atoms with Crippen LogP contribution in [0.3, 0.4) is 0 Å². The molecule has 0 aliphatic rings. The number of ether oxygens (including phenoxy) is 2. The van der Waals surface area contributed by atoms with Gasteiger partial charge in [-0.15, -0.1) is 12.4 Å². The summed E-state index contributed by atoms with van der Waals surface area (Å²) in [6.45, 7) is 1.45. The SMILES string of the molecule is Cl.N#Cc1ccc(/C=C/C(=O)OCCOCCN)cc1. The van der Waals surface area contributed by atoms with E-state index in [0.29, 0.717) is 25.3 Å². The van der Waals surface area contributed by atoms with Gasteiger partial charge in [0.25, 0.3) is 0 Å². The molecule has 1 aromatic rings. The van der Waals surface area contributed by atoms with E-state index in [-0.39, 0.29) is 19.0 Å². The summed E-state index contributed by atoms with van der Waals surface area (Å²) < 4.78 is 9.98. The molecule has 0 fully saturated rings. The molecule has 20 heavy (non-hydrogen) atoms. The number of nitrogens with zero attached hydrogens (tertiary/aromatic N) is 1. The van der Waals surface area contributed by atoms with Gasteiger partial charge in [-0.2, -0.15) is 5.26 Å². The monoisotopic (exact) mass is 296 g/mol. The number of nitriles is 1. The Kier molecular flexibility index (Phi) is 9.97. The number of halogens is 1. The molecule has 0 spiro atoms. The van der Waals surface area contributed by atoms with E-state index in [1.165, 1.54) is 6.08 Å². The van der Waals surface area contributed by atoms with E-state index in [0.717, 1.165) is 5.56 Å². The van der Waals surface area contributed by atoms with Gasteiger partial charge in [-0.05, 0) is 23.8 Å². The maximum Gasteiger partial charge on any atom is 0.330 e. The van der Waals surface area contributed by atoms with Gasteiger partial charge in [-0.3, -0.25) is 0 Å². The molecule has 0 heterocycles. The number of carbonyl (C=O) groups is 1. The van der Waals surface area contributed by atoms with Crippen LogP contribution in [0.1, 0.15) is 11.1 Å². The highest BCUT2D eigenvalue weighted by Gasteiger charge is 1.97. The number of hydrogen-bond acceptors (Lipinski definition) is 5. The molecular weight excluding hydrogens is 280 g/mol. The predicted octanol–water partition coefficient (Wildman–Crippen LogP) is 1.51. The molecule has 0 saturated heterocycles. The molecule has 0 bridgehead atoms. The minimum atomic E-state index is -0.430. The van der Waals surface area contributed by atoms with E-state index in [9.17, 15) is 4.79 Å². The first-order valence-corrected chi connectivity index (χ1v) is 5.89. The molecule has 1 aromatic carbocycles. The van der Waals surface area contributed by atoms with Gasteiger partial charge in [0.1, 0.15) is 6.61 Å². The maximum absolute atomic E-state index is 11.3. The lowest BCUT2D eigenvalue weighted by atomic mass is 10.1. The Bertz CT molecular complexity index is 466. The van der Waals surface area contributed by atoms with Gasteiger partial charge in [-0.1, -0.05) is 12.1 Å². The van der Waals surface area contributed by atoms with Crippen molar-refractivity contribution in [1.82, 2.24) is 0 Å². The number of nitrogens with two attached hydrogens (primary N) is 1. The predicted molar refractivity (Wildman–Crippen MR) is 78.3 cm³/mol. The van der Waals surface area contributed by atoms with E-state index in [1.54, 1.807) is 30.3 Å². The van der Waals surface area contributed by atoms with Crippen molar-refractivity contribution < 1.29 is 14.3 Å². The summed E-state index contributed by atoms with van der Waals surface area (Å²) in [6, 6.07) is 8.91. The second kappa shape index (κ2) is 11.0. The average Bonchev–Trinajstić information content (AvgIpc) is 2.45. The van der Waals surface area contributed by atoms with Crippen molar-refractivity contribution >= 4 is 24.5 Å². The Morgan fingerprint density at radius 1 is 1.25 bits per heavy atom. The van der Waals surface area contributed by atoms with Crippen molar-refractivity contribution in [2.24, 2.45) is 5.73 Å². The highest BCUT2D eigenvalue weighted by atomic mass is 35.5. The molecule has 0 aliphatic carbocycles. The zero-order chi connectivity index (χ0) is 13.9. The summed E-state index contributed by atoms with van der Waals surface area (Å²) in [5.41, 5.74) is 6.65. The molecule has 0 aromatic heterocycles. The van der Waals surface area contributed by atoms with Crippen molar-refractivity contribution in [1.29, 1.82) is 5.26 Å². The third-order valence-corrected chi connectivity index (χ3v) is 2.19. The van der Waals surface area contributed by atoms with Gasteiger partial charge in [0, 0.05) is 12.6 Å². The third kappa shape index (κ3) is 7.54. The number of carbonyl (C=O) groups excluding carboxylic acids is 1. The number of hydrogen-bond donors (Lipinski definition) is 1. The van der Waals surface area contributed by atoms with Gasteiger partial charge >= 0.3 is 5.97 Å². The molecule has 0 amide bonds. The van der Waals surface area contributed by atoms with Crippen LogP contribution in [-0.2, 0) is 14.3 Å².